The van der Waals surface area contributed by atoms with Crippen LogP contribution in [0.15, 0.2) is 42.6 Å². The number of benzene rings is 1. The fourth-order valence-electron chi connectivity index (χ4n) is 2.81. The highest BCUT2D eigenvalue weighted by atomic mass is 16.2. The van der Waals surface area contributed by atoms with E-state index < -0.39 is 0 Å². The third-order valence-corrected chi connectivity index (χ3v) is 4.28. The summed E-state index contributed by atoms with van der Waals surface area (Å²) in [7, 11) is 0. The molecule has 23 heavy (non-hydrogen) atoms. The van der Waals surface area contributed by atoms with Crippen LogP contribution in [0, 0.1) is 19.8 Å². The standard InChI is InChI=1S/C18H19N3O2/c1-12-6-5-7-15(13(12)2)21-11-14(10-17(21)22)18(23)20-16-8-3-4-9-19-16/h3-9,14H,10-11H2,1-2H3,(H,19,20,23). The van der Waals surface area contributed by atoms with Gasteiger partial charge in [-0.25, -0.2) is 4.98 Å². The number of amides is 2. The summed E-state index contributed by atoms with van der Waals surface area (Å²) in [5, 5.41) is 2.77. The second-order valence-corrected chi connectivity index (χ2v) is 5.83. The molecule has 2 aromatic rings. The summed E-state index contributed by atoms with van der Waals surface area (Å²) in [5.74, 6) is -0.0238. The molecule has 5 heteroatoms. The molecule has 1 atom stereocenters. The molecule has 3 rings (SSSR count). The maximum atomic E-state index is 12.4. The molecule has 1 aliphatic heterocycles. The van der Waals surface area contributed by atoms with Crippen LogP contribution >= 0.6 is 0 Å². The molecule has 1 aromatic heterocycles. The van der Waals surface area contributed by atoms with Gasteiger partial charge in [0.2, 0.25) is 11.8 Å². The molecule has 0 radical (unpaired) electrons. The second-order valence-electron chi connectivity index (χ2n) is 5.83. The Bertz CT molecular complexity index is 743. The fourth-order valence-corrected chi connectivity index (χ4v) is 2.81. The van der Waals surface area contributed by atoms with Crippen LogP contribution in [0.4, 0.5) is 11.5 Å². The third-order valence-electron chi connectivity index (χ3n) is 4.28. The topological polar surface area (TPSA) is 62.3 Å². The first-order valence-corrected chi connectivity index (χ1v) is 7.64. The number of carbonyl (C=O) groups is 2. The molecule has 1 N–H and O–H groups in total. The number of carbonyl (C=O) groups excluding carboxylic acids is 2. The highest BCUT2D eigenvalue weighted by molar-refractivity contribution is 6.03. The van der Waals surface area contributed by atoms with Crippen molar-refractivity contribution >= 4 is 23.3 Å². The minimum absolute atomic E-state index is 0.0140. The molecule has 0 spiro atoms. The van der Waals surface area contributed by atoms with E-state index in [2.05, 4.69) is 10.3 Å². The smallest absolute Gasteiger partial charge is 0.230 e. The van der Waals surface area contributed by atoms with E-state index in [-0.39, 0.29) is 24.2 Å². The number of nitrogens with zero attached hydrogens (tertiary/aromatic N) is 2. The van der Waals surface area contributed by atoms with Gasteiger partial charge in [0.1, 0.15) is 5.82 Å². The van der Waals surface area contributed by atoms with Gasteiger partial charge in [-0.15, -0.1) is 0 Å². The summed E-state index contributed by atoms with van der Waals surface area (Å²) < 4.78 is 0. The first kappa shape index (κ1) is 15.2. The number of anilines is 2. The van der Waals surface area contributed by atoms with Crippen molar-refractivity contribution in [1.29, 1.82) is 0 Å². The number of hydrogen-bond donors (Lipinski definition) is 1. The lowest BCUT2D eigenvalue weighted by Gasteiger charge is -2.20. The van der Waals surface area contributed by atoms with Crippen molar-refractivity contribution in [3.05, 3.63) is 53.7 Å². The van der Waals surface area contributed by atoms with Crippen LogP contribution in [-0.2, 0) is 9.59 Å². The van der Waals surface area contributed by atoms with Crippen LogP contribution in [0.1, 0.15) is 17.5 Å². The minimum atomic E-state index is -0.357. The van der Waals surface area contributed by atoms with E-state index in [1.54, 1.807) is 23.2 Å². The molecule has 0 saturated carbocycles. The molecule has 0 bridgehead atoms. The van der Waals surface area contributed by atoms with Crippen molar-refractivity contribution in [2.75, 3.05) is 16.8 Å². The van der Waals surface area contributed by atoms with E-state index in [0.29, 0.717) is 12.4 Å². The predicted octanol–water partition coefficient (Wildman–Crippen LogP) is 2.69. The second kappa shape index (κ2) is 6.20. The lowest BCUT2D eigenvalue weighted by atomic mass is 10.1. The maximum absolute atomic E-state index is 12.4. The van der Waals surface area contributed by atoms with Gasteiger partial charge in [-0.1, -0.05) is 18.2 Å². The molecule has 5 nitrogen and oxygen atoms in total. The predicted molar refractivity (Wildman–Crippen MR) is 89.2 cm³/mol. The molecule has 0 aliphatic carbocycles. The van der Waals surface area contributed by atoms with E-state index >= 15 is 0 Å². The number of pyridine rings is 1. The number of aryl methyl sites for hydroxylation is 1. The Morgan fingerprint density at radius 1 is 1.22 bits per heavy atom. The van der Waals surface area contributed by atoms with E-state index in [9.17, 15) is 9.59 Å². The lowest BCUT2D eigenvalue weighted by molar-refractivity contribution is -0.122. The first-order chi connectivity index (χ1) is 11.1. The Morgan fingerprint density at radius 2 is 2.04 bits per heavy atom. The molecule has 2 amide bonds. The monoisotopic (exact) mass is 309 g/mol. The summed E-state index contributed by atoms with van der Waals surface area (Å²) in [6, 6.07) is 11.2. The lowest BCUT2D eigenvalue weighted by Crippen LogP contribution is -2.28. The molecule has 1 fully saturated rings. The normalized spacial score (nSPS) is 17.4. The number of nitrogens with one attached hydrogen (secondary N) is 1. The molecule has 1 unspecified atom stereocenters. The minimum Gasteiger partial charge on any atom is -0.311 e. The molecule has 1 aliphatic rings. The molecule has 1 aromatic carbocycles. The van der Waals surface area contributed by atoms with Gasteiger partial charge in [0.25, 0.3) is 0 Å². The van der Waals surface area contributed by atoms with Gasteiger partial charge in [-0.3, -0.25) is 9.59 Å². The highest BCUT2D eigenvalue weighted by Gasteiger charge is 2.35. The van der Waals surface area contributed by atoms with Gasteiger partial charge in [0.05, 0.1) is 5.92 Å². The van der Waals surface area contributed by atoms with Gasteiger partial charge in [0, 0.05) is 24.8 Å². The van der Waals surface area contributed by atoms with Crippen molar-refractivity contribution in [1.82, 2.24) is 4.98 Å². The van der Waals surface area contributed by atoms with Crippen LogP contribution in [0.5, 0.6) is 0 Å². The van der Waals surface area contributed by atoms with Crippen molar-refractivity contribution in [3.63, 3.8) is 0 Å². The summed E-state index contributed by atoms with van der Waals surface area (Å²) >= 11 is 0. The van der Waals surface area contributed by atoms with Gasteiger partial charge in [0.15, 0.2) is 0 Å². The highest BCUT2D eigenvalue weighted by Crippen LogP contribution is 2.29. The average Bonchev–Trinajstić information content (AvgIpc) is 2.93. The van der Waals surface area contributed by atoms with Gasteiger partial charge >= 0.3 is 0 Å². The van der Waals surface area contributed by atoms with Crippen molar-refractivity contribution in [2.24, 2.45) is 5.92 Å². The van der Waals surface area contributed by atoms with Crippen LogP contribution in [0.3, 0.4) is 0 Å². The molecule has 2 heterocycles. The molecular formula is C18H19N3O2. The summed E-state index contributed by atoms with van der Waals surface area (Å²) in [4.78, 5) is 30.5. The Labute approximate surface area is 135 Å². The maximum Gasteiger partial charge on any atom is 0.230 e. The summed E-state index contributed by atoms with van der Waals surface area (Å²) in [6.07, 6.45) is 1.85. The van der Waals surface area contributed by atoms with Gasteiger partial charge < -0.3 is 10.2 Å². The summed E-state index contributed by atoms with van der Waals surface area (Å²) in [5.41, 5.74) is 3.10. The Morgan fingerprint density at radius 3 is 2.78 bits per heavy atom. The first-order valence-electron chi connectivity index (χ1n) is 7.64. The average molecular weight is 309 g/mol. The molecular weight excluding hydrogens is 290 g/mol. The van der Waals surface area contributed by atoms with Crippen LogP contribution < -0.4 is 10.2 Å². The van der Waals surface area contributed by atoms with Crippen LogP contribution in [0.25, 0.3) is 0 Å². The van der Waals surface area contributed by atoms with Crippen molar-refractivity contribution in [2.45, 2.75) is 20.3 Å². The van der Waals surface area contributed by atoms with Crippen molar-refractivity contribution < 1.29 is 9.59 Å². The van der Waals surface area contributed by atoms with E-state index in [1.165, 1.54) is 0 Å². The number of hydrogen-bond acceptors (Lipinski definition) is 3. The van der Waals surface area contributed by atoms with E-state index in [1.807, 2.05) is 38.1 Å². The summed E-state index contributed by atoms with van der Waals surface area (Å²) in [6.45, 7) is 4.42. The Kier molecular flexibility index (Phi) is 4.10. The van der Waals surface area contributed by atoms with Crippen LogP contribution in [0.2, 0.25) is 0 Å². The van der Waals surface area contributed by atoms with E-state index in [4.69, 9.17) is 0 Å². The van der Waals surface area contributed by atoms with Crippen LogP contribution in [-0.4, -0.2) is 23.3 Å². The van der Waals surface area contributed by atoms with Crippen molar-refractivity contribution in [3.8, 4) is 0 Å². The van der Waals surface area contributed by atoms with Gasteiger partial charge in [-0.05, 0) is 43.2 Å². The number of aromatic nitrogens is 1. The Hall–Kier alpha value is -2.69. The zero-order valence-electron chi connectivity index (χ0n) is 13.2. The quantitative estimate of drug-likeness (QED) is 0.948. The van der Waals surface area contributed by atoms with Gasteiger partial charge in [-0.2, -0.15) is 0 Å². The SMILES string of the molecule is Cc1cccc(N2CC(C(=O)Nc3ccccn3)CC2=O)c1C. The zero-order chi connectivity index (χ0) is 16.4. The largest absolute Gasteiger partial charge is 0.311 e. The fraction of sp³-hybridized carbons (Fsp3) is 0.278. The third kappa shape index (κ3) is 3.08. The molecule has 1 saturated heterocycles. The number of rotatable bonds is 3. The zero-order valence-corrected chi connectivity index (χ0v) is 13.2. The van der Waals surface area contributed by atoms with E-state index in [0.717, 1.165) is 16.8 Å². The Balaban J connectivity index is 1.75. The molecule has 118 valence electrons.